The number of nitro benzene ring substituents is 1. The van der Waals surface area contributed by atoms with Crippen LogP contribution in [0.1, 0.15) is 36.0 Å². The van der Waals surface area contributed by atoms with Gasteiger partial charge in [0.1, 0.15) is 5.69 Å². The van der Waals surface area contributed by atoms with Crippen molar-refractivity contribution in [3.05, 3.63) is 58.1 Å². The molecule has 3 heterocycles. The van der Waals surface area contributed by atoms with Gasteiger partial charge < -0.3 is 9.64 Å². The maximum absolute atomic E-state index is 13.8. The molecule has 2 aromatic carbocycles. The number of morpholine rings is 1. The van der Waals surface area contributed by atoms with E-state index < -0.39 is 0 Å². The Labute approximate surface area is 214 Å². The molecule has 2 aliphatic rings. The largest absolute Gasteiger partial charge is 0.379 e. The number of aromatic nitrogens is 1. The molecule has 2 saturated heterocycles. The van der Waals surface area contributed by atoms with E-state index in [1.807, 2.05) is 24.3 Å². The molecule has 2 aliphatic heterocycles. The number of ether oxygens (including phenoxy) is 1. The number of rotatable bonds is 8. The maximum atomic E-state index is 13.8. The van der Waals surface area contributed by atoms with Crippen molar-refractivity contribution in [2.75, 3.05) is 62.3 Å². The average molecular weight is 510 g/mol. The number of piperidine rings is 1. The second kappa shape index (κ2) is 11.3. The molecule has 5 rings (SSSR count). The predicted molar refractivity (Wildman–Crippen MR) is 142 cm³/mol. The number of hydrogen-bond donors (Lipinski definition) is 0. The molecule has 0 bridgehead atoms. The number of benzene rings is 2. The van der Waals surface area contributed by atoms with Gasteiger partial charge in [-0.3, -0.25) is 24.7 Å². The summed E-state index contributed by atoms with van der Waals surface area (Å²) in [6.07, 6.45) is 3.96. The van der Waals surface area contributed by atoms with E-state index in [1.54, 1.807) is 17.0 Å². The highest BCUT2D eigenvalue weighted by Crippen LogP contribution is 2.34. The van der Waals surface area contributed by atoms with Crippen LogP contribution in [0.2, 0.25) is 0 Å². The number of thiazole rings is 1. The molecule has 0 spiro atoms. The van der Waals surface area contributed by atoms with Crippen molar-refractivity contribution in [1.82, 2.24) is 9.88 Å². The van der Waals surface area contributed by atoms with Crippen molar-refractivity contribution in [2.45, 2.75) is 25.7 Å². The van der Waals surface area contributed by atoms with Gasteiger partial charge in [-0.2, -0.15) is 0 Å². The van der Waals surface area contributed by atoms with Crippen LogP contribution in [0.3, 0.4) is 0 Å². The molecule has 190 valence electrons. The number of para-hydroxylation sites is 1. The SMILES string of the molecule is O=C(c1ccc(N2CCCCC2)c([N+](=O)[O-])c1)N(CCCN1CCOCC1)c1nc2ccccc2s1. The van der Waals surface area contributed by atoms with E-state index in [1.165, 1.54) is 17.4 Å². The normalized spacial score (nSPS) is 16.8. The number of carbonyl (C=O) groups excluding carboxylic acids is 1. The molecule has 10 heteroatoms. The Hall–Kier alpha value is -3.08. The predicted octanol–water partition coefficient (Wildman–Crippen LogP) is 4.56. The van der Waals surface area contributed by atoms with E-state index in [2.05, 4.69) is 9.80 Å². The maximum Gasteiger partial charge on any atom is 0.293 e. The van der Waals surface area contributed by atoms with Crippen molar-refractivity contribution < 1.29 is 14.5 Å². The van der Waals surface area contributed by atoms with E-state index in [4.69, 9.17) is 9.72 Å². The van der Waals surface area contributed by atoms with E-state index in [-0.39, 0.29) is 16.5 Å². The highest BCUT2D eigenvalue weighted by Gasteiger charge is 2.27. The van der Waals surface area contributed by atoms with Gasteiger partial charge in [0.05, 0.1) is 28.4 Å². The molecule has 1 amide bonds. The molecule has 0 N–H and O–H groups in total. The third kappa shape index (κ3) is 5.50. The van der Waals surface area contributed by atoms with Gasteiger partial charge in [0, 0.05) is 50.9 Å². The molecule has 3 aromatic rings. The highest BCUT2D eigenvalue weighted by molar-refractivity contribution is 7.22. The van der Waals surface area contributed by atoms with Crippen LogP contribution >= 0.6 is 11.3 Å². The number of amides is 1. The topological polar surface area (TPSA) is 92.0 Å². The Morgan fingerprint density at radius 1 is 1.08 bits per heavy atom. The first-order valence-corrected chi connectivity index (χ1v) is 13.4. The Morgan fingerprint density at radius 3 is 2.61 bits per heavy atom. The Bertz CT molecular complexity index is 1190. The van der Waals surface area contributed by atoms with Gasteiger partial charge in [0.25, 0.3) is 11.6 Å². The van der Waals surface area contributed by atoms with Gasteiger partial charge in [-0.1, -0.05) is 23.5 Å². The minimum Gasteiger partial charge on any atom is -0.379 e. The minimum atomic E-state index is -0.374. The fraction of sp³-hybridized carbons (Fsp3) is 0.462. The van der Waals surface area contributed by atoms with E-state index in [9.17, 15) is 14.9 Å². The monoisotopic (exact) mass is 509 g/mol. The number of hydrogen-bond acceptors (Lipinski definition) is 8. The van der Waals surface area contributed by atoms with Crippen LogP contribution in [0.25, 0.3) is 10.2 Å². The lowest BCUT2D eigenvalue weighted by Crippen LogP contribution is -2.39. The van der Waals surface area contributed by atoms with Gasteiger partial charge in [-0.05, 0) is 49.9 Å². The highest BCUT2D eigenvalue weighted by atomic mass is 32.1. The molecule has 0 unspecified atom stereocenters. The molecule has 0 aliphatic carbocycles. The van der Waals surface area contributed by atoms with Crippen molar-refractivity contribution in [1.29, 1.82) is 0 Å². The zero-order chi connectivity index (χ0) is 24.9. The summed E-state index contributed by atoms with van der Waals surface area (Å²) in [6.45, 7) is 6.17. The molecule has 2 fully saturated rings. The Morgan fingerprint density at radius 2 is 1.86 bits per heavy atom. The summed E-state index contributed by atoms with van der Waals surface area (Å²) < 4.78 is 6.44. The van der Waals surface area contributed by atoms with Crippen molar-refractivity contribution in [3.8, 4) is 0 Å². The quantitative estimate of drug-likeness (QED) is 0.325. The van der Waals surface area contributed by atoms with Crippen LogP contribution in [0.5, 0.6) is 0 Å². The van der Waals surface area contributed by atoms with Gasteiger partial charge in [0.2, 0.25) is 0 Å². The molecule has 9 nitrogen and oxygen atoms in total. The third-order valence-electron chi connectivity index (χ3n) is 6.83. The van der Waals surface area contributed by atoms with Crippen molar-refractivity contribution in [3.63, 3.8) is 0 Å². The fourth-order valence-corrected chi connectivity index (χ4v) is 5.89. The molecule has 36 heavy (non-hydrogen) atoms. The van der Waals surface area contributed by atoms with E-state index in [0.717, 1.165) is 81.8 Å². The summed E-state index contributed by atoms with van der Waals surface area (Å²) in [5.74, 6) is -0.260. The number of nitro groups is 1. The second-order valence-corrected chi connectivity index (χ2v) is 10.2. The number of nitrogens with zero attached hydrogens (tertiary/aromatic N) is 5. The summed E-state index contributed by atoms with van der Waals surface area (Å²) in [6, 6.07) is 12.7. The zero-order valence-electron chi connectivity index (χ0n) is 20.3. The Kier molecular flexibility index (Phi) is 7.74. The van der Waals surface area contributed by atoms with Crippen LogP contribution in [-0.4, -0.2) is 73.2 Å². The molecular formula is C26H31N5O4S. The van der Waals surface area contributed by atoms with Gasteiger partial charge >= 0.3 is 0 Å². The summed E-state index contributed by atoms with van der Waals surface area (Å²) in [5.41, 5.74) is 1.73. The molecular weight excluding hydrogens is 478 g/mol. The zero-order valence-corrected chi connectivity index (χ0v) is 21.1. The van der Waals surface area contributed by atoms with Gasteiger partial charge in [0.15, 0.2) is 5.13 Å². The Balaban J connectivity index is 1.42. The third-order valence-corrected chi connectivity index (χ3v) is 7.89. The minimum absolute atomic E-state index is 0.0136. The lowest BCUT2D eigenvalue weighted by molar-refractivity contribution is -0.384. The molecule has 0 saturated carbocycles. The second-order valence-electron chi connectivity index (χ2n) is 9.24. The summed E-state index contributed by atoms with van der Waals surface area (Å²) in [7, 11) is 0. The lowest BCUT2D eigenvalue weighted by Gasteiger charge is -2.29. The first kappa shape index (κ1) is 24.6. The van der Waals surface area contributed by atoms with Gasteiger partial charge in [-0.15, -0.1) is 0 Å². The van der Waals surface area contributed by atoms with Crippen LogP contribution < -0.4 is 9.80 Å². The summed E-state index contributed by atoms with van der Waals surface area (Å²) >= 11 is 1.47. The average Bonchev–Trinajstić information content (AvgIpc) is 3.35. The van der Waals surface area contributed by atoms with Crippen molar-refractivity contribution >= 4 is 44.0 Å². The van der Waals surface area contributed by atoms with E-state index in [0.29, 0.717) is 22.9 Å². The number of fused-ring (bicyclic) bond motifs is 1. The number of carbonyl (C=O) groups is 1. The van der Waals surface area contributed by atoms with Crippen LogP contribution in [0, 0.1) is 10.1 Å². The fourth-order valence-electron chi connectivity index (χ4n) is 4.90. The van der Waals surface area contributed by atoms with Gasteiger partial charge in [-0.25, -0.2) is 4.98 Å². The summed E-state index contributed by atoms with van der Waals surface area (Å²) in [5, 5.41) is 12.6. The lowest BCUT2D eigenvalue weighted by atomic mass is 10.1. The van der Waals surface area contributed by atoms with Crippen LogP contribution in [0.4, 0.5) is 16.5 Å². The van der Waals surface area contributed by atoms with Crippen LogP contribution in [0.15, 0.2) is 42.5 Å². The standard InChI is InChI=1S/C26H31N5O4S/c32-25(20-9-10-22(23(19-20)31(33)34)29-12-4-1-5-13-29)30(14-6-11-28-15-17-35-18-16-28)26-27-21-7-2-3-8-24(21)36-26/h2-3,7-10,19H,1,4-6,11-18H2. The molecule has 1 aromatic heterocycles. The van der Waals surface area contributed by atoms with E-state index >= 15 is 0 Å². The molecule has 0 atom stereocenters. The smallest absolute Gasteiger partial charge is 0.293 e. The van der Waals surface area contributed by atoms with Crippen LogP contribution in [-0.2, 0) is 4.74 Å². The molecule has 0 radical (unpaired) electrons. The first-order chi connectivity index (χ1) is 17.6. The number of anilines is 2. The summed E-state index contributed by atoms with van der Waals surface area (Å²) in [4.78, 5) is 36.2. The first-order valence-electron chi connectivity index (χ1n) is 12.6. The van der Waals surface area contributed by atoms with Crippen molar-refractivity contribution in [2.24, 2.45) is 0 Å².